The highest BCUT2D eigenvalue weighted by atomic mass is 16.5. The van der Waals surface area contributed by atoms with E-state index in [4.69, 9.17) is 14.9 Å². The Morgan fingerprint density at radius 2 is 2.50 bits per heavy atom. The number of aliphatic hydroxyl groups is 1. The second-order valence-corrected chi connectivity index (χ2v) is 2.11. The first-order valence-electron chi connectivity index (χ1n) is 2.96. The van der Waals surface area contributed by atoms with Crippen LogP contribution in [0.2, 0.25) is 0 Å². The molecular weight excluding hydrogens is 138 g/mol. The minimum Gasteiger partial charge on any atom is -0.465 e. The van der Waals surface area contributed by atoms with Gasteiger partial charge in [-0.05, 0) is 0 Å². The zero-order chi connectivity index (χ0) is 7.56. The van der Waals surface area contributed by atoms with Gasteiger partial charge < -0.3 is 20.3 Å². The maximum atomic E-state index is 10.0. The van der Waals surface area contributed by atoms with Crippen LogP contribution in [-0.4, -0.2) is 41.7 Å². The first kappa shape index (κ1) is 7.30. The highest BCUT2D eigenvalue weighted by molar-refractivity contribution is 5.65. The SMILES string of the molecule is O=C(O)N[C@@H]1COC1CO. The average Bonchev–Trinajstić information content (AvgIpc) is 1.82. The van der Waals surface area contributed by atoms with E-state index in [0.717, 1.165) is 0 Å². The Morgan fingerprint density at radius 3 is 2.80 bits per heavy atom. The number of hydrogen-bond acceptors (Lipinski definition) is 3. The molecule has 1 saturated heterocycles. The van der Waals surface area contributed by atoms with E-state index in [9.17, 15) is 4.79 Å². The third kappa shape index (κ3) is 1.37. The molecule has 1 heterocycles. The van der Waals surface area contributed by atoms with Gasteiger partial charge in [-0.2, -0.15) is 0 Å². The van der Waals surface area contributed by atoms with Gasteiger partial charge in [-0.3, -0.25) is 0 Å². The largest absolute Gasteiger partial charge is 0.465 e. The van der Waals surface area contributed by atoms with Crippen LogP contribution in [0.5, 0.6) is 0 Å². The maximum absolute atomic E-state index is 10.0. The van der Waals surface area contributed by atoms with Gasteiger partial charge in [-0.1, -0.05) is 0 Å². The average molecular weight is 147 g/mol. The van der Waals surface area contributed by atoms with Crippen molar-refractivity contribution < 1.29 is 19.7 Å². The predicted molar refractivity (Wildman–Crippen MR) is 31.8 cm³/mol. The van der Waals surface area contributed by atoms with E-state index in [-0.39, 0.29) is 18.8 Å². The number of hydrogen-bond donors (Lipinski definition) is 3. The quantitative estimate of drug-likeness (QED) is 0.468. The van der Waals surface area contributed by atoms with E-state index >= 15 is 0 Å². The summed E-state index contributed by atoms with van der Waals surface area (Å²) < 4.78 is 4.82. The van der Waals surface area contributed by atoms with E-state index in [1.54, 1.807) is 0 Å². The fraction of sp³-hybridized carbons (Fsp3) is 0.800. The summed E-state index contributed by atoms with van der Waals surface area (Å²) in [5.74, 6) is 0. The van der Waals surface area contributed by atoms with Gasteiger partial charge in [0.1, 0.15) is 6.10 Å². The van der Waals surface area contributed by atoms with Crippen LogP contribution >= 0.6 is 0 Å². The molecular formula is C5H9NO4. The van der Waals surface area contributed by atoms with Gasteiger partial charge >= 0.3 is 6.09 Å². The Morgan fingerprint density at radius 1 is 1.80 bits per heavy atom. The van der Waals surface area contributed by atoms with E-state index in [2.05, 4.69) is 5.32 Å². The van der Waals surface area contributed by atoms with Crippen LogP contribution in [0.1, 0.15) is 0 Å². The van der Waals surface area contributed by atoms with Crippen LogP contribution in [0.3, 0.4) is 0 Å². The highest BCUT2D eigenvalue weighted by Gasteiger charge is 2.32. The third-order valence-corrected chi connectivity index (χ3v) is 1.43. The maximum Gasteiger partial charge on any atom is 0.405 e. The van der Waals surface area contributed by atoms with Gasteiger partial charge in [0.2, 0.25) is 0 Å². The fourth-order valence-electron chi connectivity index (χ4n) is 0.802. The monoisotopic (exact) mass is 147 g/mol. The number of carbonyl (C=O) groups is 1. The molecule has 1 aliphatic heterocycles. The van der Waals surface area contributed by atoms with Crippen LogP contribution in [0, 0.1) is 0 Å². The summed E-state index contributed by atoms with van der Waals surface area (Å²) in [4.78, 5) is 10.0. The van der Waals surface area contributed by atoms with E-state index in [0.29, 0.717) is 6.61 Å². The van der Waals surface area contributed by atoms with Crippen molar-refractivity contribution in [2.75, 3.05) is 13.2 Å². The minimum absolute atomic E-state index is 0.134. The van der Waals surface area contributed by atoms with Crippen LogP contribution in [0.15, 0.2) is 0 Å². The molecule has 0 radical (unpaired) electrons. The summed E-state index contributed by atoms with van der Waals surface area (Å²) in [7, 11) is 0. The van der Waals surface area contributed by atoms with Gasteiger partial charge in [0.25, 0.3) is 0 Å². The molecule has 58 valence electrons. The van der Waals surface area contributed by atoms with Crippen LogP contribution in [0.4, 0.5) is 4.79 Å². The molecule has 1 amide bonds. The standard InChI is InChI=1S/C5H9NO4/c7-1-4-3(2-10-4)6-5(8)9/h3-4,6-7H,1-2H2,(H,8,9)/t3-,4?/m1/s1. The first-order valence-corrected chi connectivity index (χ1v) is 2.96. The molecule has 3 N–H and O–H groups in total. The Kier molecular flexibility index (Phi) is 2.08. The van der Waals surface area contributed by atoms with Crippen LogP contribution in [0.25, 0.3) is 0 Å². The lowest BCUT2D eigenvalue weighted by molar-refractivity contribution is -0.107. The summed E-state index contributed by atoms with van der Waals surface area (Å²) in [6, 6.07) is -0.234. The van der Waals surface area contributed by atoms with Crippen LogP contribution < -0.4 is 5.32 Å². The van der Waals surface area contributed by atoms with Crippen molar-refractivity contribution in [1.29, 1.82) is 0 Å². The topological polar surface area (TPSA) is 78.8 Å². The van der Waals surface area contributed by atoms with Crippen molar-refractivity contribution >= 4 is 6.09 Å². The summed E-state index contributed by atoms with van der Waals surface area (Å²) >= 11 is 0. The van der Waals surface area contributed by atoms with Crippen molar-refractivity contribution in [2.24, 2.45) is 0 Å². The highest BCUT2D eigenvalue weighted by Crippen LogP contribution is 2.10. The molecule has 0 aromatic carbocycles. The molecule has 1 fully saturated rings. The van der Waals surface area contributed by atoms with Gasteiger partial charge in [0, 0.05) is 0 Å². The van der Waals surface area contributed by atoms with E-state index in [1.165, 1.54) is 0 Å². The number of amides is 1. The van der Waals surface area contributed by atoms with Crippen molar-refractivity contribution in [3.63, 3.8) is 0 Å². The number of rotatable bonds is 2. The van der Waals surface area contributed by atoms with Gasteiger partial charge in [-0.15, -0.1) is 0 Å². The van der Waals surface area contributed by atoms with Crippen molar-refractivity contribution in [3.8, 4) is 0 Å². The lowest BCUT2D eigenvalue weighted by atomic mass is 10.1. The molecule has 2 atom stereocenters. The molecule has 5 heteroatoms. The second-order valence-electron chi connectivity index (χ2n) is 2.11. The van der Waals surface area contributed by atoms with Crippen molar-refractivity contribution in [1.82, 2.24) is 5.32 Å². The fourth-order valence-corrected chi connectivity index (χ4v) is 0.802. The molecule has 5 nitrogen and oxygen atoms in total. The number of ether oxygens (including phenoxy) is 1. The van der Waals surface area contributed by atoms with E-state index in [1.807, 2.05) is 0 Å². The molecule has 1 aliphatic rings. The summed E-state index contributed by atoms with van der Waals surface area (Å²) in [5.41, 5.74) is 0. The van der Waals surface area contributed by atoms with Gasteiger partial charge in [-0.25, -0.2) is 4.79 Å². The Balaban J connectivity index is 2.23. The zero-order valence-corrected chi connectivity index (χ0v) is 5.28. The summed E-state index contributed by atoms with van der Waals surface area (Å²) in [6.07, 6.45) is -1.43. The molecule has 1 rings (SSSR count). The van der Waals surface area contributed by atoms with Crippen LogP contribution in [-0.2, 0) is 4.74 Å². The molecule has 0 aromatic rings. The van der Waals surface area contributed by atoms with Gasteiger partial charge in [0.15, 0.2) is 0 Å². The first-order chi connectivity index (χ1) is 4.74. The normalized spacial score (nSPS) is 30.9. The second kappa shape index (κ2) is 2.85. The number of aliphatic hydroxyl groups excluding tert-OH is 1. The Hall–Kier alpha value is -0.810. The summed E-state index contributed by atoms with van der Waals surface area (Å²) in [6.45, 7) is 0.225. The molecule has 0 saturated carbocycles. The Bertz CT molecular complexity index is 136. The summed E-state index contributed by atoms with van der Waals surface area (Å²) in [5, 5.41) is 18.9. The molecule has 0 aromatic heterocycles. The third-order valence-electron chi connectivity index (χ3n) is 1.43. The molecule has 0 spiro atoms. The Labute approximate surface area is 57.6 Å². The van der Waals surface area contributed by atoms with Gasteiger partial charge in [0.05, 0.1) is 19.3 Å². The predicted octanol–water partition coefficient (Wildman–Crippen LogP) is -0.986. The molecule has 10 heavy (non-hydrogen) atoms. The number of carboxylic acid groups (broad SMARTS) is 1. The number of nitrogens with one attached hydrogen (secondary N) is 1. The molecule has 0 bridgehead atoms. The van der Waals surface area contributed by atoms with Crippen molar-refractivity contribution in [2.45, 2.75) is 12.1 Å². The minimum atomic E-state index is -1.08. The lowest BCUT2D eigenvalue weighted by Crippen LogP contribution is -2.57. The molecule has 0 aliphatic carbocycles. The van der Waals surface area contributed by atoms with E-state index < -0.39 is 6.09 Å². The van der Waals surface area contributed by atoms with Crippen molar-refractivity contribution in [3.05, 3.63) is 0 Å². The zero-order valence-electron chi connectivity index (χ0n) is 5.28. The molecule has 1 unspecified atom stereocenters. The smallest absolute Gasteiger partial charge is 0.405 e. The lowest BCUT2D eigenvalue weighted by Gasteiger charge is -2.34.